The zero-order valence-electron chi connectivity index (χ0n) is 6.27. The Hall–Kier alpha value is -0.810. The van der Waals surface area contributed by atoms with Crippen molar-refractivity contribution < 1.29 is 5.11 Å². The lowest BCUT2D eigenvalue weighted by molar-refractivity contribution is 0.339. The summed E-state index contributed by atoms with van der Waals surface area (Å²) >= 11 is 2.77. The van der Waals surface area contributed by atoms with Gasteiger partial charge in [-0.3, -0.25) is 5.11 Å². The number of fused-ring (bicyclic) bond motifs is 1. The molecule has 0 N–H and O–H groups in total. The molecule has 61 valence electrons. The van der Waals surface area contributed by atoms with Crippen LogP contribution in [0.2, 0.25) is 0 Å². The van der Waals surface area contributed by atoms with Crippen LogP contribution in [0.1, 0.15) is 0 Å². The zero-order valence-corrected chi connectivity index (χ0v) is 7.91. The van der Waals surface area contributed by atoms with Gasteiger partial charge in [0.05, 0.1) is 5.52 Å². The molecule has 0 saturated carbocycles. The minimum absolute atomic E-state index is 0.167. The van der Waals surface area contributed by atoms with Gasteiger partial charge in [-0.1, -0.05) is 11.8 Å². The number of thioether (sulfide) groups is 1. The van der Waals surface area contributed by atoms with Crippen LogP contribution in [-0.4, -0.2) is 16.2 Å². The molecule has 2 rings (SSSR count). The maximum atomic E-state index is 11.3. The van der Waals surface area contributed by atoms with E-state index in [1.807, 2.05) is 17.7 Å². The highest BCUT2D eigenvalue weighted by atomic mass is 32.2. The Balaban J connectivity index is 2.75. The van der Waals surface area contributed by atoms with E-state index in [0.29, 0.717) is 9.86 Å². The summed E-state index contributed by atoms with van der Waals surface area (Å²) in [7, 11) is 0. The Bertz CT molecular complexity index is 413. The summed E-state index contributed by atoms with van der Waals surface area (Å²) in [6.45, 7) is 0. The molecule has 0 saturated heterocycles. The van der Waals surface area contributed by atoms with Gasteiger partial charge in [-0.25, -0.2) is 4.98 Å². The summed E-state index contributed by atoms with van der Waals surface area (Å²) in [5.41, 5.74) is 0.754. The lowest BCUT2D eigenvalue weighted by Crippen LogP contribution is -1.84. The predicted molar refractivity (Wildman–Crippen MR) is 49.3 cm³/mol. The minimum atomic E-state index is -0.167. The fraction of sp³-hybridized carbons (Fsp3) is 0.143. The molecule has 0 bridgehead atoms. The van der Waals surface area contributed by atoms with Crippen molar-refractivity contribution in [3.05, 3.63) is 11.4 Å². The fourth-order valence-electron chi connectivity index (χ4n) is 0.908. The highest BCUT2D eigenvalue weighted by Gasteiger charge is 2.07. The molecule has 5 heteroatoms. The van der Waals surface area contributed by atoms with Gasteiger partial charge in [0.1, 0.15) is 4.70 Å². The number of hydrogen-bond acceptors (Lipinski definition) is 4. The van der Waals surface area contributed by atoms with E-state index in [2.05, 4.69) is 9.97 Å². The Morgan fingerprint density at radius 2 is 2.33 bits per heavy atom. The van der Waals surface area contributed by atoms with Gasteiger partial charge in [0.25, 0.3) is 5.88 Å². The van der Waals surface area contributed by atoms with Crippen LogP contribution in [0.5, 0.6) is 5.88 Å². The van der Waals surface area contributed by atoms with Crippen LogP contribution in [0.4, 0.5) is 0 Å². The molecule has 0 aliphatic carbocycles. The van der Waals surface area contributed by atoms with Crippen LogP contribution < -0.4 is 0 Å². The minimum Gasteiger partial charge on any atom is -0.266 e. The first kappa shape index (κ1) is 7.82. The summed E-state index contributed by atoms with van der Waals surface area (Å²) in [6, 6.07) is 1.84. The van der Waals surface area contributed by atoms with E-state index in [1.165, 1.54) is 23.1 Å². The van der Waals surface area contributed by atoms with Crippen molar-refractivity contribution in [2.75, 3.05) is 6.26 Å². The molecule has 2 aromatic heterocycles. The van der Waals surface area contributed by atoms with Gasteiger partial charge in [-0.15, -0.1) is 11.3 Å². The average Bonchev–Trinajstić information content (AvgIpc) is 2.52. The molecule has 2 heterocycles. The Labute approximate surface area is 77.5 Å². The van der Waals surface area contributed by atoms with Gasteiger partial charge >= 0.3 is 0 Å². The molecule has 0 aromatic carbocycles. The monoisotopic (exact) mass is 197 g/mol. The van der Waals surface area contributed by atoms with Crippen LogP contribution in [0, 0.1) is 0 Å². The largest absolute Gasteiger partial charge is 0.291 e. The number of rotatable bonds is 1. The van der Waals surface area contributed by atoms with Gasteiger partial charge in [-0.2, -0.15) is 4.98 Å². The Morgan fingerprint density at radius 3 is 3.08 bits per heavy atom. The second-order valence-corrected chi connectivity index (χ2v) is 3.84. The molecule has 0 spiro atoms. The van der Waals surface area contributed by atoms with Gasteiger partial charge in [0, 0.05) is 0 Å². The number of nitrogens with zero attached hydrogens (tertiary/aromatic N) is 2. The first-order valence-electron chi connectivity index (χ1n) is 3.27. The molecule has 3 nitrogen and oxygen atoms in total. The fourth-order valence-corrected chi connectivity index (χ4v) is 1.99. The summed E-state index contributed by atoms with van der Waals surface area (Å²) < 4.78 is 0.646. The third-order valence-corrected chi connectivity index (χ3v) is 2.87. The third-order valence-electron chi connectivity index (χ3n) is 1.43. The summed E-state index contributed by atoms with van der Waals surface area (Å²) in [4.78, 5) is 7.98. The van der Waals surface area contributed by atoms with Gasteiger partial charge in [-0.05, 0) is 17.7 Å². The van der Waals surface area contributed by atoms with Crippen molar-refractivity contribution in [2.24, 2.45) is 0 Å². The van der Waals surface area contributed by atoms with Gasteiger partial charge in [0.15, 0.2) is 5.16 Å². The van der Waals surface area contributed by atoms with Crippen LogP contribution in [0.15, 0.2) is 16.6 Å². The number of thiophene rings is 1. The first-order valence-corrected chi connectivity index (χ1v) is 5.38. The SMILES string of the molecule is CSc1nc([O])c2sccc2n1. The highest BCUT2D eigenvalue weighted by Crippen LogP contribution is 2.28. The molecule has 0 amide bonds. The Kier molecular flexibility index (Phi) is 1.90. The Morgan fingerprint density at radius 1 is 1.50 bits per heavy atom. The zero-order chi connectivity index (χ0) is 8.55. The van der Waals surface area contributed by atoms with E-state index in [9.17, 15) is 5.11 Å². The first-order chi connectivity index (χ1) is 5.81. The van der Waals surface area contributed by atoms with Crippen molar-refractivity contribution in [1.82, 2.24) is 9.97 Å². The molecular weight excluding hydrogens is 192 g/mol. The maximum Gasteiger partial charge on any atom is 0.291 e. The van der Waals surface area contributed by atoms with E-state index >= 15 is 0 Å². The van der Waals surface area contributed by atoms with E-state index in [4.69, 9.17) is 0 Å². The van der Waals surface area contributed by atoms with Crippen molar-refractivity contribution >= 4 is 33.3 Å². The molecule has 0 atom stereocenters. The van der Waals surface area contributed by atoms with Crippen molar-refractivity contribution in [3.63, 3.8) is 0 Å². The van der Waals surface area contributed by atoms with E-state index in [-0.39, 0.29) is 5.88 Å². The highest BCUT2D eigenvalue weighted by molar-refractivity contribution is 7.98. The molecular formula is C7H5N2OS2. The van der Waals surface area contributed by atoms with E-state index in [0.717, 1.165) is 5.52 Å². The number of hydrogen-bond donors (Lipinski definition) is 0. The molecule has 0 aliphatic rings. The topological polar surface area (TPSA) is 45.7 Å². The average molecular weight is 197 g/mol. The third kappa shape index (κ3) is 1.15. The van der Waals surface area contributed by atoms with Crippen molar-refractivity contribution in [1.29, 1.82) is 0 Å². The number of aromatic nitrogens is 2. The maximum absolute atomic E-state index is 11.3. The lowest BCUT2D eigenvalue weighted by atomic mass is 10.5. The summed E-state index contributed by atoms with van der Waals surface area (Å²) in [5, 5.41) is 13.7. The van der Waals surface area contributed by atoms with Crippen molar-refractivity contribution in [2.45, 2.75) is 5.16 Å². The van der Waals surface area contributed by atoms with Gasteiger partial charge < -0.3 is 0 Å². The lowest BCUT2D eigenvalue weighted by Gasteiger charge is -1.94. The second kappa shape index (κ2) is 2.91. The van der Waals surface area contributed by atoms with Crippen LogP contribution in [0.3, 0.4) is 0 Å². The van der Waals surface area contributed by atoms with E-state index in [1.54, 1.807) is 0 Å². The van der Waals surface area contributed by atoms with Gasteiger partial charge in [0.2, 0.25) is 0 Å². The standard InChI is InChI=1S/C7H5N2OS2/c1-11-7-8-4-2-3-12-5(4)6(10)9-7/h2-3H,1H3. The normalized spacial score (nSPS) is 10.8. The summed E-state index contributed by atoms with van der Waals surface area (Å²) in [6.07, 6.45) is 1.85. The van der Waals surface area contributed by atoms with Crippen LogP contribution >= 0.6 is 23.1 Å². The quantitative estimate of drug-likeness (QED) is 0.521. The molecule has 2 aromatic rings. The van der Waals surface area contributed by atoms with Crippen LogP contribution in [-0.2, 0) is 5.11 Å². The molecule has 1 radical (unpaired) electrons. The molecule has 0 aliphatic heterocycles. The smallest absolute Gasteiger partial charge is 0.266 e. The molecule has 0 fully saturated rings. The summed E-state index contributed by atoms with van der Waals surface area (Å²) in [5.74, 6) is -0.167. The van der Waals surface area contributed by atoms with Crippen molar-refractivity contribution in [3.8, 4) is 5.88 Å². The molecule has 0 unspecified atom stereocenters. The predicted octanol–water partition coefficient (Wildman–Crippen LogP) is 2.56. The van der Waals surface area contributed by atoms with E-state index < -0.39 is 0 Å². The van der Waals surface area contributed by atoms with Crippen LogP contribution in [0.25, 0.3) is 10.2 Å². The second-order valence-electron chi connectivity index (χ2n) is 2.15. The molecule has 12 heavy (non-hydrogen) atoms.